The minimum Gasteiger partial charge on any atom is -0.354 e. The summed E-state index contributed by atoms with van der Waals surface area (Å²) in [4.78, 5) is 26.0. The Balaban J connectivity index is 1.39. The van der Waals surface area contributed by atoms with Gasteiger partial charge in [-0.25, -0.2) is 19.9 Å². The summed E-state index contributed by atoms with van der Waals surface area (Å²) in [6.07, 6.45) is 13.4. The first kappa shape index (κ1) is 18.0. The van der Waals surface area contributed by atoms with Gasteiger partial charge in [-0.2, -0.15) is 0 Å². The van der Waals surface area contributed by atoms with Crippen LogP contribution in [0.5, 0.6) is 0 Å². The first-order valence-electron chi connectivity index (χ1n) is 10.4. The maximum Gasteiger partial charge on any atom is 0.233 e. The van der Waals surface area contributed by atoms with E-state index in [1.165, 1.54) is 0 Å². The summed E-state index contributed by atoms with van der Waals surface area (Å²) >= 11 is 0. The van der Waals surface area contributed by atoms with Crippen molar-refractivity contribution in [3.8, 4) is 22.3 Å². The number of nitrogens with zero attached hydrogens (tertiary/aromatic N) is 7. The Kier molecular flexibility index (Phi) is 4.17. The Morgan fingerprint density at radius 1 is 0.871 bits per heavy atom. The van der Waals surface area contributed by atoms with Crippen LogP contribution in [-0.4, -0.2) is 67.4 Å². The van der Waals surface area contributed by atoms with E-state index in [0.29, 0.717) is 5.78 Å². The maximum atomic E-state index is 4.67. The van der Waals surface area contributed by atoms with E-state index in [4.69, 9.17) is 0 Å². The lowest BCUT2D eigenvalue weighted by Crippen LogP contribution is -2.44. The molecule has 5 aromatic heterocycles. The number of piperazine rings is 1. The molecule has 0 saturated carbocycles. The van der Waals surface area contributed by atoms with Gasteiger partial charge in [0.1, 0.15) is 11.5 Å². The van der Waals surface area contributed by atoms with Crippen molar-refractivity contribution < 1.29 is 0 Å². The first-order chi connectivity index (χ1) is 15.2. The van der Waals surface area contributed by atoms with Gasteiger partial charge in [-0.15, -0.1) is 0 Å². The number of likely N-dealkylation sites (N-methyl/N-ethyl adjacent to an activating group) is 1. The smallest absolute Gasteiger partial charge is 0.233 e. The van der Waals surface area contributed by atoms with Gasteiger partial charge in [0, 0.05) is 91.6 Å². The van der Waals surface area contributed by atoms with Gasteiger partial charge in [-0.3, -0.25) is 4.40 Å². The molecule has 0 spiro atoms. The normalized spacial score (nSPS) is 15.2. The third kappa shape index (κ3) is 3.21. The fourth-order valence-corrected chi connectivity index (χ4v) is 4.16. The summed E-state index contributed by atoms with van der Waals surface area (Å²) in [6, 6.07) is 6.41. The zero-order valence-electron chi connectivity index (χ0n) is 17.2. The Labute approximate surface area is 179 Å². The summed E-state index contributed by atoms with van der Waals surface area (Å²) in [5.74, 6) is 1.71. The third-order valence-corrected chi connectivity index (χ3v) is 5.99. The Bertz CT molecular complexity index is 1380. The van der Waals surface area contributed by atoms with Crippen molar-refractivity contribution in [3.63, 3.8) is 0 Å². The minimum absolute atomic E-state index is 0.690. The van der Waals surface area contributed by atoms with Crippen LogP contribution in [-0.2, 0) is 0 Å². The Morgan fingerprint density at radius 3 is 2.65 bits per heavy atom. The zero-order valence-corrected chi connectivity index (χ0v) is 17.2. The van der Waals surface area contributed by atoms with Crippen LogP contribution in [0.15, 0.2) is 61.6 Å². The average Bonchev–Trinajstić information content (AvgIpc) is 3.45. The molecular weight excluding hydrogens is 388 g/mol. The van der Waals surface area contributed by atoms with Crippen LogP contribution in [0, 0.1) is 0 Å². The van der Waals surface area contributed by atoms with Gasteiger partial charge in [0.15, 0.2) is 0 Å². The number of rotatable bonds is 3. The van der Waals surface area contributed by atoms with Crippen LogP contribution in [0.3, 0.4) is 0 Å². The first-order valence-corrected chi connectivity index (χ1v) is 10.4. The van der Waals surface area contributed by atoms with E-state index < -0.39 is 0 Å². The summed E-state index contributed by atoms with van der Waals surface area (Å²) < 4.78 is 1.93. The Hall–Kier alpha value is -3.78. The molecule has 0 radical (unpaired) electrons. The molecule has 8 heteroatoms. The molecule has 1 saturated heterocycles. The summed E-state index contributed by atoms with van der Waals surface area (Å²) in [7, 11) is 2.16. The molecule has 0 bridgehead atoms. The van der Waals surface area contributed by atoms with E-state index in [0.717, 1.165) is 65.3 Å². The van der Waals surface area contributed by atoms with E-state index in [2.05, 4.69) is 53.9 Å². The Morgan fingerprint density at radius 2 is 1.74 bits per heavy atom. The third-order valence-electron chi connectivity index (χ3n) is 5.99. The highest BCUT2D eigenvalue weighted by Crippen LogP contribution is 2.31. The van der Waals surface area contributed by atoms with Gasteiger partial charge in [-0.05, 0) is 30.8 Å². The van der Waals surface area contributed by atoms with E-state index in [1.54, 1.807) is 6.20 Å². The number of aromatic nitrogens is 6. The van der Waals surface area contributed by atoms with Crippen molar-refractivity contribution in [2.45, 2.75) is 0 Å². The van der Waals surface area contributed by atoms with Gasteiger partial charge in [0.25, 0.3) is 0 Å². The molecular formula is C23H22N8. The van der Waals surface area contributed by atoms with Crippen molar-refractivity contribution >= 4 is 22.6 Å². The molecule has 1 N–H and O–H groups in total. The van der Waals surface area contributed by atoms with Crippen molar-refractivity contribution in [2.75, 3.05) is 38.1 Å². The summed E-state index contributed by atoms with van der Waals surface area (Å²) in [6.45, 7) is 4.11. The van der Waals surface area contributed by atoms with E-state index >= 15 is 0 Å². The van der Waals surface area contributed by atoms with Crippen LogP contribution in [0.4, 0.5) is 5.82 Å². The minimum atomic E-state index is 0.690. The number of H-pyrrole nitrogens is 1. The summed E-state index contributed by atoms with van der Waals surface area (Å²) in [5, 5.41) is 1.07. The second-order valence-corrected chi connectivity index (χ2v) is 7.99. The molecule has 0 atom stereocenters. The molecule has 154 valence electrons. The number of imidazole rings is 1. The van der Waals surface area contributed by atoms with Gasteiger partial charge in [-0.1, -0.05) is 0 Å². The highest BCUT2D eigenvalue weighted by atomic mass is 15.3. The van der Waals surface area contributed by atoms with E-state index in [9.17, 15) is 0 Å². The lowest BCUT2D eigenvalue weighted by Gasteiger charge is -2.33. The van der Waals surface area contributed by atoms with Gasteiger partial charge in [0.05, 0.1) is 0 Å². The van der Waals surface area contributed by atoms with E-state index in [1.807, 2.05) is 47.6 Å². The van der Waals surface area contributed by atoms with Crippen molar-refractivity contribution in [1.29, 1.82) is 0 Å². The van der Waals surface area contributed by atoms with Crippen LogP contribution in [0.1, 0.15) is 0 Å². The molecule has 0 aliphatic carbocycles. The molecule has 0 aromatic carbocycles. The van der Waals surface area contributed by atoms with Crippen molar-refractivity contribution in [1.82, 2.24) is 34.2 Å². The molecule has 5 aromatic rings. The average molecular weight is 410 g/mol. The number of pyridine rings is 2. The second kappa shape index (κ2) is 7.17. The molecule has 6 rings (SSSR count). The van der Waals surface area contributed by atoms with Crippen LogP contribution in [0.2, 0.25) is 0 Å². The fraction of sp³-hybridized carbons (Fsp3) is 0.217. The summed E-state index contributed by atoms with van der Waals surface area (Å²) in [5.41, 5.74) is 5.14. The van der Waals surface area contributed by atoms with E-state index in [-0.39, 0.29) is 0 Å². The zero-order chi connectivity index (χ0) is 20.8. The largest absolute Gasteiger partial charge is 0.354 e. The van der Waals surface area contributed by atoms with Crippen molar-refractivity contribution in [2.24, 2.45) is 0 Å². The van der Waals surface area contributed by atoms with Crippen molar-refractivity contribution in [3.05, 3.63) is 61.6 Å². The van der Waals surface area contributed by atoms with Crippen LogP contribution < -0.4 is 4.90 Å². The molecule has 1 fully saturated rings. The monoisotopic (exact) mass is 410 g/mol. The number of aromatic amines is 1. The lowest BCUT2D eigenvalue weighted by atomic mass is 10.0. The molecule has 8 nitrogen and oxygen atoms in total. The maximum absolute atomic E-state index is 4.67. The quantitative estimate of drug-likeness (QED) is 0.493. The molecule has 6 heterocycles. The predicted octanol–water partition coefficient (Wildman–Crippen LogP) is 3.09. The topological polar surface area (TPSA) is 78.2 Å². The number of fused-ring (bicyclic) bond motifs is 2. The lowest BCUT2D eigenvalue weighted by molar-refractivity contribution is 0.312. The molecule has 31 heavy (non-hydrogen) atoms. The molecule has 1 aliphatic heterocycles. The van der Waals surface area contributed by atoms with Gasteiger partial charge < -0.3 is 14.8 Å². The van der Waals surface area contributed by atoms with Crippen LogP contribution in [0.25, 0.3) is 39.1 Å². The molecule has 0 unspecified atom stereocenters. The number of anilines is 1. The van der Waals surface area contributed by atoms with Gasteiger partial charge in [0.2, 0.25) is 5.78 Å². The second-order valence-electron chi connectivity index (χ2n) is 7.99. The number of nitrogens with one attached hydrogen (secondary N) is 1. The molecule has 1 aliphatic rings. The number of hydrogen-bond acceptors (Lipinski definition) is 6. The molecule has 0 amide bonds. The number of hydrogen-bond donors (Lipinski definition) is 1. The highest BCUT2D eigenvalue weighted by molar-refractivity contribution is 5.95. The fourth-order valence-electron chi connectivity index (χ4n) is 4.16. The van der Waals surface area contributed by atoms with Crippen LogP contribution >= 0.6 is 0 Å². The predicted molar refractivity (Wildman–Crippen MR) is 121 cm³/mol. The highest BCUT2D eigenvalue weighted by Gasteiger charge is 2.16. The van der Waals surface area contributed by atoms with Gasteiger partial charge >= 0.3 is 0 Å². The SMILES string of the molecule is CN1CCN(c2cc(-c3cnc4[nH]cc(-c5cnc6nccn6c5)c4c3)ccn2)CC1. The standard InChI is InChI=1S/C23H22N8/c1-29-6-8-30(9-7-29)21-11-16(2-3-24-21)17-10-19-20(14-27-22(19)26-12-17)18-13-28-23-25-4-5-31(23)15-18/h2-5,10-15H,6-9H2,1H3,(H,26,27).